The lowest BCUT2D eigenvalue weighted by molar-refractivity contribution is -0.152. The van der Waals surface area contributed by atoms with Gasteiger partial charge in [0.05, 0.1) is 37.1 Å². The van der Waals surface area contributed by atoms with Crippen LogP contribution in [0.15, 0.2) is 91.0 Å². The Morgan fingerprint density at radius 1 is 0.549 bits per heavy atom. The van der Waals surface area contributed by atoms with Gasteiger partial charge in [0.2, 0.25) is 65.0 Å². The first-order valence-corrected chi connectivity index (χ1v) is 35.9. The van der Waals surface area contributed by atoms with Crippen molar-refractivity contribution in [2.45, 2.75) is 200 Å². The van der Waals surface area contributed by atoms with Crippen molar-refractivity contribution in [3.05, 3.63) is 108 Å². The third-order valence-corrected chi connectivity index (χ3v) is 19.9. The van der Waals surface area contributed by atoms with Gasteiger partial charge in [0.25, 0.3) is 0 Å². The summed E-state index contributed by atoms with van der Waals surface area (Å²) >= 11 is 0. The van der Waals surface area contributed by atoms with Crippen LogP contribution in [0, 0.1) is 29.6 Å². The molecule has 2 fully saturated rings. The Bertz CT molecular complexity index is 3380. The lowest BCUT2D eigenvalue weighted by atomic mass is 9.89. The maximum absolute atomic E-state index is 15.7. The summed E-state index contributed by atoms with van der Waals surface area (Å²) in [5.41, 5.74) is 1.97. The van der Waals surface area contributed by atoms with Gasteiger partial charge in [0, 0.05) is 94.0 Å². The Kier molecular flexibility index (Phi) is 32.0. The molecule has 1 unspecified atom stereocenters. The average Bonchev–Trinajstić information content (AvgIpc) is 0.814. The summed E-state index contributed by atoms with van der Waals surface area (Å²) < 4.78 is 0. The standard InChI is InChI=1S/C77H113N11O14/c1-47(2)38-59-65(91)44-57(53(10)89)74(99)81(11)46-67(93)83(13)61(39-48(3)4)69(94)80-68(49(5)6)70(95)79-58(45-66(92)78-51(8)72(97)82(12)52(9)73(98)86(16)62(76(101)84(59)14)42-55-32-24-19-25-33-55)75(100)87(17)63(43-56-34-26-20-27-35-56)77(102)85(15)60(41-54-30-22-18-23-31-54)64(90)40-50(7)71(96)88-36-28-21-29-37-88/h18-20,22-27,30-35,47-53,57-63,68,89H,21,28-29,36-46H2,1-17H3,(H,78,92)(H,79,95)(H,80,94)/t50-,51-,52+,53-,57+,58+,59+,60+,61+,62+,63?,68+/m1/s1. The van der Waals surface area contributed by atoms with Gasteiger partial charge in [-0.3, -0.25) is 62.3 Å². The molecule has 0 radical (unpaired) electrons. The number of carbonyl (C=O) groups is 13. The monoisotopic (exact) mass is 1420 g/mol. The van der Waals surface area contributed by atoms with Crippen LogP contribution in [0.25, 0.3) is 0 Å². The molecule has 102 heavy (non-hydrogen) atoms. The minimum Gasteiger partial charge on any atom is -0.393 e. The fourth-order valence-electron chi connectivity index (χ4n) is 13.3. The van der Waals surface area contributed by atoms with Crippen molar-refractivity contribution in [3.8, 4) is 0 Å². The smallest absolute Gasteiger partial charge is 0.246 e. The molecule has 2 saturated heterocycles. The zero-order chi connectivity index (χ0) is 76.1. The molecule has 25 nitrogen and oxygen atoms in total. The van der Waals surface area contributed by atoms with E-state index in [1.165, 1.54) is 84.8 Å². The number of likely N-dealkylation sites (N-methyl/N-ethyl adjacent to an activating group) is 7. The number of aliphatic hydroxyl groups excluding tert-OH is 1. The van der Waals surface area contributed by atoms with Crippen molar-refractivity contribution in [1.29, 1.82) is 0 Å². The highest BCUT2D eigenvalue weighted by atomic mass is 16.3. The number of likely N-dealkylation sites (tertiary alicyclic amines) is 1. The van der Waals surface area contributed by atoms with E-state index < -0.39 is 168 Å². The predicted molar refractivity (Wildman–Crippen MR) is 387 cm³/mol. The van der Waals surface area contributed by atoms with Crippen molar-refractivity contribution < 1.29 is 67.4 Å². The number of ketones is 2. The normalized spacial score (nSPS) is 23.3. The van der Waals surface area contributed by atoms with Crippen LogP contribution in [0.3, 0.4) is 0 Å². The van der Waals surface area contributed by atoms with Crippen LogP contribution in [0.5, 0.6) is 0 Å². The number of rotatable bonds is 20. The maximum Gasteiger partial charge on any atom is 0.246 e. The summed E-state index contributed by atoms with van der Waals surface area (Å²) in [5, 5.41) is 19.3. The van der Waals surface area contributed by atoms with E-state index in [0.29, 0.717) is 24.2 Å². The van der Waals surface area contributed by atoms with E-state index in [1.54, 1.807) is 98.5 Å². The van der Waals surface area contributed by atoms with Crippen molar-refractivity contribution >= 4 is 76.5 Å². The lowest BCUT2D eigenvalue weighted by Gasteiger charge is -2.38. The van der Waals surface area contributed by atoms with Crippen molar-refractivity contribution in [1.82, 2.24) is 55.1 Å². The fraction of sp³-hybridized carbons (Fsp3) is 0.597. The highest BCUT2D eigenvalue weighted by Crippen LogP contribution is 2.26. The van der Waals surface area contributed by atoms with Crippen LogP contribution in [0.1, 0.15) is 137 Å². The van der Waals surface area contributed by atoms with Gasteiger partial charge in [-0.2, -0.15) is 0 Å². The first-order valence-electron chi connectivity index (χ1n) is 35.9. The number of amides is 11. The van der Waals surface area contributed by atoms with Gasteiger partial charge in [-0.25, -0.2) is 0 Å². The van der Waals surface area contributed by atoms with Crippen LogP contribution in [0.4, 0.5) is 0 Å². The minimum atomic E-state index is -1.84. The summed E-state index contributed by atoms with van der Waals surface area (Å²) in [4.78, 5) is 203. The molecular weight excluding hydrogens is 1300 g/mol. The third kappa shape index (κ3) is 23.1. The third-order valence-electron chi connectivity index (χ3n) is 19.9. The molecule has 3 aromatic rings. The van der Waals surface area contributed by atoms with Gasteiger partial charge < -0.3 is 60.3 Å². The number of nitrogens with zero attached hydrogens (tertiary/aromatic N) is 8. The van der Waals surface area contributed by atoms with E-state index in [4.69, 9.17) is 0 Å². The summed E-state index contributed by atoms with van der Waals surface area (Å²) in [6, 6.07) is 14.4. The molecule has 0 saturated carbocycles. The van der Waals surface area contributed by atoms with E-state index in [-0.39, 0.29) is 56.3 Å². The Balaban J connectivity index is 1.63. The molecule has 560 valence electrons. The van der Waals surface area contributed by atoms with Crippen LogP contribution >= 0.6 is 0 Å². The van der Waals surface area contributed by atoms with Crippen molar-refractivity contribution in [2.24, 2.45) is 29.6 Å². The number of benzene rings is 3. The lowest BCUT2D eigenvalue weighted by Crippen LogP contribution is -2.61. The van der Waals surface area contributed by atoms with Gasteiger partial charge in [0.15, 0.2) is 11.6 Å². The quantitative estimate of drug-likeness (QED) is 0.122. The molecule has 11 amide bonds. The molecule has 0 spiro atoms. The number of carbonyl (C=O) groups excluding carboxylic acids is 13. The number of hydrogen-bond donors (Lipinski definition) is 4. The van der Waals surface area contributed by atoms with Gasteiger partial charge in [-0.1, -0.05) is 139 Å². The Hall–Kier alpha value is -8.87. The molecular formula is C77H113N11O14. The highest BCUT2D eigenvalue weighted by molar-refractivity contribution is 6.01. The largest absolute Gasteiger partial charge is 0.393 e. The first-order chi connectivity index (χ1) is 48.0. The van der Waals surface area contributed by atoms with E-state index >= 15 is 19.2 Å². The van der Waals surface area contributed by atoms with E-state index in [1.807, 2.05) is 45.9 Å². The molecule has 25 heteroatoms. The van der Waals surface area contributed by atoms with Crippen LogP contribution < -0.4 is 16.0 Å². The molecule has 0 aromatic heterocycles. The molecule has 5 rings (SSSR count). The molecule has 0 aliphatic carbocycles. The number of aliphatic hydroxyl groups is 1. The summed E-state index contributed by atoms with van der Waals surface area (Å²) in [7, 11) is 9.64. The molecule has 0 bridgehead atoms. The molecule has 2 heterocycles. The molecule has 2 aliphatic heterocycles. The second-order valence-electron chi connectivity index (χ2n) is 29.3. The average molecular weight is 1420 g/mol. The van der Waals surface area contributed by atoms with Gasteiger partial charge in [-0.05, 0) is 93.7 Å². The van der Waals surface area contributed by atoms with Gasteiger partial charge in [0.1, 0.15) is 42.3 Å². The predicted octanol–water partition coefficient (Wildman–Crippen LogP) is 4.35. The Labute approximate surface area is 603 Å². The fourth-order valence-corrected chi connectivity index (χ4v) is 13.3. The zero-order valence-electron chi connectivity index (χ0n) is 63.1. The molecule has 12 atom stereocenters. The van der Waals surface area contributed by atoms with Crippen LogP contribution in [0.2, 0.25) is 0 Å². The second kappa shape index (κ2) is 39.0. The first kappa shape index (κ1) is 83.8. The maximum atomic E-state index is 15.7. The van der Waals surface area contributed by atoms with Crippen LogP contribution in [-0.4, -0.2) is 250 Å². The highest BCUT2D eigenvalue weighted by Gasteiger charge is 2.44. The molecule has 4 N–H and O–H groups in total. The van der Waals surface area contributed by atoms with Gasteiger partial charge in [-0.15, -0.1) is 0 Å². The number of nitrogens with one attached hydrogen (secondary N) is 3. The molecule has 3 aromatic carbocycles. The number of Topliss-reactive ketones (excluding diaryl/α,β-unsaturated/α-hetero) is 2. The van der Waals surface area contributed by atoms with Gasteiger partial charge >= 0.3 is 0 Å². The number of piperidine rings is 1. The SMILES string of the molecule is CC(C)C[C@H]1C(=O)N[C@@H](C(C)C)C(=O)N[C@H](C(=O)N(C)C(Cc2ccccc2)C(=O)N(C)[C@@H](Cc2ccccc2)C(=O)C[C@@H](C)C(=O)N2CCCCC2)CC(=O)N[C@H](C)C(=O)N(C)[C@@H](C)C(=O)N(C)[C@@H](Cc2ccccc2)C(=O)N(C)[C@@H](CC(C)C)C(=O)C[C@@H]([C@@H](C)O)C(=O)N(C)CC(=O)N1C. The van der Waals surface area contributed by atoms with Crippen molar-refractivity contribution in [3.63, 3.8) is 0 Å². The number of hydrogen-bond acceptors (Lipinski definition) is 14. The van der Waals surface area contributed by atoms with Crippen LogP contribution in [-0.2, 0) is 81.6 Å². The summed E-state index contributed by atoms with van der Waals surface area (Å²) in [6.07, 6.45) is -0.282. The summed E-state index contributed by atoms with van der Waals surface area (Å²) in [5.74, 6) is -12.4. The zero-order valence-corrected chi connectivity index (χ0v) is 63.1. The minimum absolute atomic E-state index is 0.0369. The second-order valence-corrected chi connectivity index (χ2v) is 29.3. The van der Waals surface area contributed by atoms with E-state index in [0.717, 1.165) is 44.4 Å². The Morgan fingerprint density at radius 2 is 1.06 bits per heavy atom. The molecule has 2 aliphatic rings. The Morgan fingerprint density at radius 3 is 1.58 bits per heavy atom. The topological polar surface area (TPSA) is 304 Å². The van der Waals surface area contributed by atoms with E-state index in [9.17, 15) is 48.3 Å². The van der Waals surface area contributed by atoms with E-state index in [2.05, 4.69) is 16.0 Å². The van der Waals surface area contributed by atoms with Crippen molar-refractivity contribution in [2.75, 3.05) is 69.0 Å². The summed E-state index contributed by atoms with van der Waals surface area (Å²) in [6.45, 7) is 16.9.